The second-order valence-corrected chi connectivity index (χ2v) is 5.33. The van der Waals surface area contributed by atoms with Crippen molar-refractivity contribution in [2.24, 2.45) is 0 Å². The molecule has 0 spiro atoms. The number of hydrogen-bond donors (Lipinski definition) is 1. The van der Waals surface area contributed by atoms with Crippen molar-refractivity contribution in [1.82, 2.24) is 15.0 Å². The topological polar surface area (TPSA) is 63.2 Å². The van der Waals surface area contributed by atoms with Gasteiger partial charge in [0.2, 0.25) is 11.9 Å². The van der Waals surface area contributed by atoms with Crippen molar-refractivity contribution in [3.63, 3.8) is 0 Å². The van der Waals surface area contributed by atoms with Crippen LogP contribution in [0.15, 0.2) is 0 Å². The van der Waals surface area contributed by atoms with Crippen LogP contribution >= 0.6 is 0 Å². The molecule has 1 heterocycles. The Hall–Kier alpha value is -1.59. The van der Waals surface area contributed by atoms with E-state index in [1.807, 2.05) is 14.0 Å². The highest BCUT2D eigenvalue weighted by Gasteiger charge is 2.24. The summed E-state index contributed by atoms with van der Waals surface area (Å²) in [6.07, 6.45) is 2.01. The molecule has 1 N–H and O–H groups in total. The van der Waals surface area contributed by atoms with Gasteiger partial charge in [0, 0.05) is 19.1 Å². The van der Waals surface area contributed by atoms with Crippen LogP contribution in [0.3, 0.4) is 0 Å². The maximum atomic E-state index is 5.43. The van der Waals surface area contributed by atoms with Crippen molar-refractivity contribution in [2.75, 3.05) is 30.4 Å². The summed E-state index contributed by atoms with van der Waals surface area (Å²) >= 11 is 0. The Morgan fingerprint density at radius 2 is 1.85 bits per heavy atom. The molecule has 0 aliphatic carbocycles. The van der Waals surface area contributed by atoms with Crippen molar-refractivity contribution >= 4 is 11.9 Å². The molecule has 0 saturated heterocycles. The molecule has 1 rings (SSSR count). The van der Waals surface area contributed by atoms with Gasteiger partial charge in [-0.25, -0.2) is 0 Å². The lowest BCUT2D eigenvalue weighted by atomic mass is 10.0. The second-order valence-electron chi connectivity index (χ2n) is 5.33. The highest BCUT2D eigenvalue weighted by Crippen LogP contribution is 2.23. The Morgan fingerprint density at radius 1 is 1.15 bits per heavy atom. The van der Waals surface area contributed by atoms with Gasteiger partial charge in [0.25, 0.3) is 0 Å². The van der Waals surface area contributed by atoms with Crippen molar-refractivity contribution in [3.05, 3.63) is 0 Å². The van der Waals surface area contributed by atoms with E-state index in [1.165, 1.54) is 0 Å². The highest BCUT2D eigenvalue weighted by atomic mass is 16.5. The van der Waals surface area contributed by atoms with E-state index in [9.17, 15) is 0 Å². The standard InChI is InChI=1S/C14H27N5O/c1-7-10-15-11-16-12(18-13(17-11)20-9-3)19(6)14(4,5)8-2/h7-10H2,1-6H3,(H,15,16,17,18). The van der Waals surface area contributed by atoms with E-state index in [2.05, 4.69) is 52.9 Å². The van der Waals surface area contributed by atoms with Crippen LogP contribution in [-0.4, -0.2) is 40.7 Å². The first-order valence-electron chi connectivity index (χ1n) is 7.31. The lowest BCUT2D eigenvalue weighted by Gasteiger charge is -2.34. The molecular weight excluding hydrogens is 254 g/mol. The molecule has 0 aliphatic rings. The Kier molecular flexibility index (Phi) is 5.98. The average molecular weight is 281 g/mol. The normalized spacial score (nSPS) is 11.3. The molecule has 6 nitrogen and oxygen atoms in total. The second kappa shape index (κ2) is 7.26. The first kappa shape index (κ1) is 16.5. The van der Waals surface area contributed by atoms with Gasteiger partial charge in [-0.3, -0.25) is 0 Å². The third kappa shape index (κ3) is 4.21. The van der Waals surface area contributed by atoms with E-state index in [0.717, 1.165) is 19.4 Å². The molecule has 0 radical (unpaired) electrons. The number of anilines is 2. The summed E-state index contributed by atoms with van der Waals surface area (Å²) in [4.78, 5) is 15.2. The Balaban J connectivity index is 3.07. The predicted molar refractivity (Wildman–Crippen MR) is 82.5 cm³/mol. The van der Waals surface area contributed by atoms with Crippen molar-refractivity contribution < 1.29 is 4.74 Å². The van der Waals surface area contributed by atoms with Gasteiger partial charge in [0.05, 0.1) is 6.61 Å². The van der Waals surface area contributed by atoms with Crippen LogP contribution in [-0.2, 0) is 0 Å². The molecule has 0 aromatic carbocycles. The first-order valence-corrected chi connectivity index (χ1v) is 7.31. The molecule has 1 aromatic rings. The molecule has 0 unspecified atom stereocenters. The minimum atomic E-state index is -0.0210. The van der Waals surface area contributed by atoms with Crippen molar-refractivity contribution in [1.29, 1.82) is 0 Å². The molecule has 0 saturated carbocycles. The summed E-state index contributed by atoms with van der Waals surface area (Å²) in [7, 11) is 2.00. The van der Waals surface area contributed by atoms with Crippen molar-refractivity contribution in [3.8, 4) is 6.01 Å². The lowest BCUT2D eigenvalue weighted by molar-refractivity contribution is 0.311. The summed E-state index contributed by atoms with van der Waals surface area (Å²) in [6.45, 7) is 11.9. The number of ether oxygens (including phenoxy) is 1. The number of nitrogens with one attached hydrogen (secondary N) is 1. The largest absolute Gasteiger partial charge is 0.464 e. The predicted octanol–water partition coefficient (Wildman–Crippen LogP) is 2.72. The van der Waals surface area contributed by atoms with Gasteiger partial charge in [0.1, 0.15) is 0 Å². The molecule has 0 bridgehead atoms. The Bertz CT molecular complexity index is 422. The highest BCUT2D eigenvalue weighted by molar-refractivity contribution is 5.39. The van der Waals surface area contributed by atoms with E-state index < -0.39 is 0 Å². The minimum Gasteiger partial charge on any atom is -0.464 e. The van der Waals surface area contributed by atoms with E-state index >= 15 is 0 Å². The molecular formula is C14H27N5O. The van der Waals surface area contributed by atoms with Gasteiger partial charge in [-0.05, 0) is 33.6 Å². The zero-order valence-electron chi connectivity index (χ0n) is 13.5. The maximum absolute atomic E-state index is 5.43. The summed E-state index contributed by atoms with van der Waals surface area (Å²) < 4.78 is 5.43. The van der Waals surface area contributed by atoms with Gasteiger partial charge in [-0.15, -0.1) is 0 Å². The molecule has 0 aliphatic heterocycles. The summed E-state index contributed by atoms with van der Waals surface area (Å²) in [5, 5.41) is 3.19. The molecule has 0 amide bonds. The fourth-order valence-corrected chi connectivity index (χ4v) is 1.51. The van der Waals surface area contributed by atoms with E-state index in [1.54, 1.807) is 0 Å². The quantitative estimate of drug-likeness (QED) is 0.790. The molecule has 0 atom stereocenters. The zero-order chi connectivity index (χ0) is 15.2. The van der Waals surface area contributed by atoms with E-state index in [-0.39, 0.29) is 5.54 Å². The molecule has 114 valence electrons. The molecule has 1 aromatic heterocycles. The van der Waals surface area contributed by atoms with Crippen LogP contribution in [0.4, 0.5) is 11.9 Å². The van der Waals surface area contributed by atoms with Crippen LogP contribution in [0, 0.1) is 0 Å². The van der Waals surface area contributed by atoms with Gasteiger partial charge in [0.15, 0.2) is 0 Å². The Labute approximate surface area is 122 Å². The van der Waals surface area contributed by atoms with Crippen LogP contribution in [0.2, 0.25) is 0 Å². The lowest BCUT2D eigenvalue weighted by Crippen LogP contribution is -2.41. The number of aromatic nitrogens is 3. The zero-order valence-corrected chi connectivity index (χ0v) is 13.5. The van der Waals surface area contributed by atoms with E-state index in [0.29, 0.717) is 24.5 Å². The van der Waals surface area contributed by atoms with Crippen LogP contribution in [0.1, 0.15) is 47.5 Å². The smallest absolute Gasteiger partial charge is 0.323 e. The average Bonchev–Trinajstić information content (AvgIpc) is 2.44. The van der Waals surface area contributed by atoms with E-state index in [4.69, 9.17) is 4.74 Å². The van der Waals surface area contributed by atoms with Crippen molar-refractivity contribution in [2.45, 2.75) is 53.0 Å². The van der Waals surface area contributed by atoms with Gasteiger partial charge >= 0.3 is 6.01 Å². The fourth-order valence-electron chi connectivity index (χ4n) is 1.51. The summed E-state index contributed by atoms with van der Waals surface area (Å²) in [6, 6.07) is 0.370. The maximum Gasteiger partial charge on any atom is 0.323 e. The van der Waals surface area contributed by atoms with Crippen LogP contribution in [0.5, 0.6) is 6.01 Å². The minimum absolute atomic E-state index is 0.0210. The third-order valence-corrected chi connectivity index (χ3v) is 3.48. The number of nitrogens with zero attached hydrogens (tertiary/aromatic N) is 4. The van der Waals surface area contributed by atoms with Crippen LogP contribution < -0.4 is 15.0 Å². The number of rotatable bonds is 8. The van der Waals surface area contributed by atoms with Gasteiger partial charge < -0.3 is 15.0 Å². The SMILES string of the molecule is CCCNc1nc(OCC)nc(N(C)C(C)(C)CC)n1. The van der Waals surface area contributed by atoms with Gasteiger partial charge in [-0.2, -0.15) is 15.0 Å². The third-order valence-electron chi connectivity index (χ3n) is 3.48. The molecule has 20 heavy (non-hydrogen) atoms. The van der Waals surface area contributed by atoms with Gasteiger partial charge in [-0.1, -0.05) is 13.8 Å². The summed E-state index contributed by atoms with van der Waals surface area (Å²) in [5.74, 6) is 1.20. The number of hydrogen-bond acceptors (Lipinski definition) is 6. The van der Waals surface area contributed by atoms with Crippen LogP contribution in [0.25, 0.3) is 0 Å². The Morgan fingerprint density at radius 3 is 2.40 bits per heavy atom. The molecule has 6 heteroatoms. The first-order chi connectivity index (χ1) is 9.44. The fraction of sp³-hybridized carbons (Fsp3) is 0.786. The monoisotopic (exact) mass is 281 g/mol. The summed E-state index contributed by atoms with van der Waals surface area (Å²) in [5.41, 5.74) is -0.0210. The molecule has 0 fully saturated rings.